The summed E-state index contributed by atoms with van der Waals surface area (Å²) in [6, 6.07) is 12.3. The predicted octanol–water partition coefficient (Wildman–Crippen LogP) is 2.66. The van der Waals surface area contributed by atoms with Crippen LogP contribution in [0.5, 0.6) is 11.5 Å². The number of aromatic hydroxyl groups is 1. The minimum atomic E-state index is -0.238. The van der Waals surface area contributed by atoms with E-state index in [-0.39, 0.29) is 18.1 Å². The van der Waals surface area contributed by atoms with Crippen molar-refractivity contribution in [1.82, 2.24) is 5.43 Å². The zero-order chi connectivity index (χ0) is 16.7. The summed E-state index contributed by atoms with van der Waals surface area (Å²) >= 11 is 0. The van der Waals surface area contributed by atoms with Crippen LogP contribution in [0.1, 0.15) is 23.6 Å². The van der Waals surface area contributed by atoms with Gasteiger partial charge in [0.05, 0.1) is 19.7 Å². The molecule has 5 nitrogen and oxygen atoms in total. The van der Waals surface area contributed by atoms with E-state index in [0.29, 0.717) is 0 Å². The summed E-state index contributed by atoms with van der Waals surface area (Å²) in [6.45, 7) is 2.05. The number of nitrogens with one attached hydrogen (secondary N) is 1. The van der Waals surface area contributed by atoms with Crippen molar-refractivity contribution in [3.05, 3.63) is 59.2 Å². The summed E-state index contributed by atoms with van der Waals surface area (Å²) in [5.41, 5.74) is 5.26. The zero-order valence-corrected chi connectivity index (χ0v) is 13.2. The van der Waals surface area contributed by atoms with E-state index in [4.69, 9.17) is 4.74 Å². The first-order valence-electron chi connectivity index (χ1n) is 7.39. The number of carbonyl (C=O) groups is 1. The predicted molar refractivity (Wildman–Crippen MR) is 89.9 cm³/mol. The maximum atomic E-state index is 11.8. The van der Waals surface area contributed by atoms with E-state index >= 15 is 0 Å². The van der Waals surface area contributed by atoms with Gasteiger partial charge in [0.25, 0.3) is 0 Å². The van der Waals surface area contributed by atoms with Crippen LogP contribution in [0.4, 0.5) is 0 Å². The van der Waals surface area contributed by atoms with Crippen molar-refractivity contribution in [3.8, 4) is 11.5 Å². The Balaban J connectivity index is 1.97. The number of benzene rings is 2. The highest BCUT2D eigenvalue weighted by atomic mass is 16.5. The summed E-state index contributed by atoms with van der Waals surface area (Å²) in [5.74, 6) is 0.704. The molecular formula is C18H20N2O3. The van der Waals surface area contributed by atoms with E-state index in [0.717, 1.165) is 28.9 Å². The lowest BCUT2D eigenvalue weighted by Crippen LogP contribution is -2.19. The Morgan fingerprint density at radius 1 is 1.30 bits per heavy atom. The molecule has 0 atom stereocenters. The third-order valence-electron chi connectivity index (χ3n) is 3.40. The van der Waals surface area contributed by atoms with Gasteiger partial charge in [-0.15, -0.1) is 0 Å². The first kappa shape index (κ1) is 16.5. The third kappa shape index (κ3) is 4.85. The van der Waals surface area contributed by atoms with E-state index < -0.39 is 0 Å². The van der Waals surface area contributed by atoms with Gasteiger partial charge in [0, 0.05) is 0 Å². The number of carbonyl (C=O) groups excluding carboxylic acids is 1. The molecule has 2 rings (SSSR count). The van der Waals surface area contributed by atoms with Crippen LogP contribution in [-0.4, -0.2) is 24.3 Å². The van der Waals surface area contributed by atoms with Gasteiger partial charge in [0.15, 0.2) is 0 Å². The van der Waals surface area contributed by atoms with Crippen molar-refractivity contribution >= 4 is 12.1 Å². The highest BCUT2D eigenvalue weighted by molar-refractivity contribution is 5.84. The van der Waals surface area contributed by atoms with Crippen molar-refractivity contribution in [1.29, 1.82) is 0 Å². The first-order chi connectivity index (χ1) is 11.1. The smallest absolute Gasteiger partial charge is 0.244 e. The van der Waals surface area contributed by atoms with Crippen LogP contribution in [0.15, 0.2) is 47.6 Å². The molecule has 1 amide bonds. The average Bonchev–Trinajstić information content (AvgIpc) is 2.55. The molecule has 0 heterocycles. The Kier molecular flexibility index (Phi) is 5.74. The minimum Gasteiger partial charge on any atom is -0.508 e. The molecule has 0 unspecified atom stereocenters. The molecule has 2 N–H and O–H groups in total. The largest absolute Gasteiger partial charge is 0.508 e. The molecule has 2 aromatic rings. The average molecular weight is 312 g/mol. The summed E-state index contributed by atoms with van der Waals surface area (Å²) < 4.78 is 5.20. The van der Waals surface area contributed by atoms with Crippen molar-refractivity contribution in [2.24, 2.45) is 5.10 Å². The number of phenols is 1. The normalized spacial score (nSPS) is 10.7. The van der Waals surface area contributed by atoms with Crippen molar-refractivity contribution in [2.75, 3.05) is 7.11 Å². The number of ether oxygens (including phenoxy) is 1. The maximum absolute atomic E-state index is 11.8. The van der Waals surface area contributed by atoms with Gasteiger partial charge in [0.1, 0.15) is 11.5 Å². The Hall–Kier alpha value is -2.82. The Labute approximate surface area is 135 Å². The van der Waals surface area contributed by atoms with Gasteiger partial charge in [-0.2, -0.15) is 5.10 Å². The summed E-state index contributed by atoms with van der Waals surface area (Å²) in [4.78, 5) is 11.8. The molecule has 0 aliphatic carbocycles. The molecule has 0 saturated carbocycles. The Morgan fingerprint density at radius 3 is 2.83 bits per heavy atom. The molecule has 0 saturated heterocycles. The fraction of sp³-hybridized carbons (Fsp3) is 0.222. The van der Waals surface area contributed by atoms with Crippen LogP contribution < -0.4 is 10.2 Å². The van der Waals surface area contributed by atoms with Crippen molar-refractivity contribution < 1.29 is 14.6 Å². The molecule has 0 aliphatic heterocycles. The van der Waals surface area contributed by atoms with Gasteiger partial charge >= 0.3 is 0 Å². The van der Waals surface area contributed by atoms with E-state index in [9.17, 15) is 9.90 Å². The van der Waals surface area contributed by atoms with Crippen LogP contribution in [0.2, 0.25) is 0 Å². The fourth-order valence-electron chi connectivity index (χ4n) is 2.21. The number of hydrogen-bond donors (Lipinski definition) is 2. The van der Waals surface area contributed by atoms with Gasteiger partial charge in [-0.05, 0) is 53.4 Å². The summed E-state index contributed by atoms with van der Waals surface area (Å²) in [5, 5.41) is 13.4. The van der Waals surface area contributed by atoms with Crippen LogP contribution in [0, 0.1) is 0 Å². The Bertz CT molecular complexity index is 711. The van der Waals surface area contributed by atoms with Gasteiger partial charge in [-0.3, -0.25) is 4.79 Å². The second-order valence-electron chi connectivity index (χ2n) is 5.06. The maximum Gasteiger partial charge on any atom is 0.244 e. The molecule has 0 fully saturated rings. The summed E-state index contributed by atoms with van der Waals surface area (Å²) in [7, 11) is 1.63. The van der Waals surface area contributed by atoms with E-state index in [1.54, 1.807) is 37.6 Å². The Morgan fingerprint density at radius 2 is 2.13 bits per heavy atom. The number of nitrogens with zero attached hydrogens (tertiary/aromatic N) is 1. The molecule has 2 aromatic carbocycles. The topological polar surface area (TPSA) is 70.9 Å². The number of rotatable bonds is 6. The van der Waals surface area contributed by atoms with Gasteiger partial charge in [0.2, 0.25) is 5.91 Å². The van der Waals surface area contributed by atoms with Crippen LogP contribution in [0.3, 0.4) is 0 Å². The minimum absolute atomic E-state index is 0.143. The van der Waals surface area contributed by atoms with E-state index in [1.807, 2.05) is 25.1 Å². The van der Waals surface area contributed by atoms with Gasteiger partial charge < -0.3 is 9.84 Å². The molecular weight excluding hydrogens is 292 g/mol. The molecule has 120 valence electrons. The first-order valence-corrected chi connectivity index (χ1v) is 7.39. The molecule has 0 aliphatic rings. The lowest BCUT2D eigenvalue weighted by molar-refractivity contribution is -0.120. The van der Waals surface area contributed by atoms with Crippen LogP contribution in [-0.2, 0) is 17.6 Å². The molecule has 0 spiro atoms. The number of methoxy groups -OCH3 is 1. The molecule has 5 heteroatoms. The standard InChI is InChI=1S/C18H20N2O3/c1-3-14-11-17(23-2)8-7-15(14)12-19-20-18(22)10-13-5-4-6-16(21)9-13/h4-9,11-12,21H,3,10H2,1-2H3,(H,20,22). The van der Waals surface area contributed by atoms with Crippen molar-refractivity contribution in [3.63, 3.8) is 0 Å². The quantitative estimate of drug-likeness (QED) is 0.636. The lowest BCUT2D eigenvalue weighted by atomic mass is 10.1. The van der Waals surface area contributed by atoms with E-state index in [1.165, 1.54) is 0 Å². The zero-order valence-electron chi connectivity index (χ0n) is 13.2. The van der Waals surface area contributed by atoms with Gasteiger partial charge in [-0.25, -0.2) is 5.43 Å². The molecule has 0 radical (unpaired) electrons. The number of aryl methyl sites for hydroxylation is 1. The van der Waals surface area contributed by atoms with Crippen LogP contribution in [0.25, 0.3) is 0 Å². The summed E-state index contributed by atoms with van der Waals surface area (Å²) in [6.07, 6.45) is 2.63. The second-order valence-corrected chi connectivity index (χ2v) is 5.06. The van der Waals surface area contributed by atoms with E-state index in [2.05, 4.69) is 10.5 Å². The monoisotopic (exact) mass is 312 g/mol. The fourth-order valence-corrected chi connectivity index (χ4v) is 2.21. The number of amides is 1. The molecule has 0 aromatic heterocycles. The highest BCUT2D eigenvalue weighted by Crippen LogP contribution is 2.17. The van der Waals surface area contributed by atoms with Gasteiger partial charge in [-0.1, -0.05) is 19.1 Å². The third-order valence-corrected chi connectivity index (χ3v) is 3.40. The van der Waals surface area contributed by atoms with Crippen LogP contribution >= 0.6 is 0 Å². The second kappa shape index (κ2) is 7.98. The molecule has 0 bridgehead atoms. The van der Waals surface area contributed by atoms with Crippen molar-refractivity contribution in [2.45, 2.75) is 19.8 Å². The highest BCUT2D eigenvalue weighted by Gasteiger charge is 2.04. The number of hydrazone groups is 1. The number of hydrogen-bond acceptors (Lipinski definition) is 4. The SMILES string of the molecule is CCc1cc(OC)ccc1C=NNC(=O)Cc1cccc(O)c1. The lowest BCUT2D eigenvalue weighted by Gasteiger charge is -2.06. The number of phenolic OH excluding ortho intramolecular Hbond substituents is 1. The molecule has 23 heavy (non-hydrogen) atoms.